The number of aliphatic hydroxyl groups is 1. The zero-order valence-electron chi connectivity index (χ0n) is 25.5. The van der Waals surface area contributed by atoms with Gasteiger partial charge in [-0.3, -0.25) is 24.0 Å². The molecule has 0 radical (unpaired) electrons. The van der Waals surface area contributed by atoms with Crippen molar-refractivity contribution < 1.29 is 38.6 Å². The lowest BCUT2D eigenvalue weighted by atomic mass is 10.00. The van der Waals surface area contributed by atoms with Gasteiger partial charge in [-0.25, -0.2) is 4.79 Å². The molecule has 0 saturated heterocycles. The molecule has 0 unspecified atom stereocenters. The zero-order chi connectivity index (χ0) is 33.5. The third-order valence-corrected chi connectivity index (χ3v) is 6.67. The van der Waals surface area contributed by atoms with E-state index in [4.69, 9.17) is 21.3 Å². The summed E-state index contributed by atoms with van der Waals surface area (Å²) in [5.41, 5.74) is 12.2. The van der Waals surface area contributed by atoms with Crippen molar-refractivity contribution in [2.75, 3.05) is 6.61 Å². The Morgan fingerprint density at radius 1 is 0.733 bits per heavy atom. The number of primary amides is 1. The van der Waals surface area contributed by atoms with E-state index in [0.29, 0.717) is 5.56 Å². The lowest BCUT2D eigenvalue weighted by Gasteiger charge is -2.28. The molecule has 0 aliphatic carbocycles. The molecule has 244 valence electrons. The Morgan fingerprint density at radius 2 is 1.27 bits per heavy atom. The highest BCUT2D eigenvalue weighted by molar-refractivity contribution is 5.97. The van der Waals surface area contributed by atoms with Gasteiger partial charge in [0, 0.05) is 6.42 Å². The number of hydrogen-bond acceptors (Lipinski definition) is 9. The maximum atomic E-state index is 13.5. The SMILES string of the molecule is CC(C)[C@H](NC(=O)[C@H](CC(N)=O)NC(=O)[C@@H](N)CO)C(=O)N[C@@H](Cc1ccccc1)C(=O)N[C@@H](C)C(=O)OCc1ccccc1. The van der Waals surface area contributed by atoms with E-state index in [1.54, 1.807) is 68.4 Å². The van der Waals surface area contributed by atoms with Crippen LogP contribution in [0.15, 0.2) is 60.7 Å². The molecular formula is C31H42N6O8. The lowest BCUT2D eigenvalue weighted by molar-refractivity contribution is -0.148. The highest BCUT2D eigenvalue weighted by Gasteiger charge is 2.33. The average Bonchev–Trinajstić information content (AvgIpc) is 3.01. The Labute approximate surface area is 261 Å². The highest BCUT2D eigenvalue weighted by Crippen LogP contribution is 2.09. The van der Waals surface area contributed by atoms with Crippen molar-refractivity contribution in [1.82, 2.24) is 21.3 Å². The number of carbonyl (C=O) groups is 6. The Hall–Kier alpha value is -4.82. The molecular weight excluding hydrogens is 584 g/mol. The van der Waals surface area contributed by atoms with Crippen molar-refractivity contribution in [1.29, 1.82) is 0 Å². The van der Waals surface area contributed by atoms with Crippen LogP contribution in [0.2, 0.25) is 0 Å². The first-order valence-electron chi connectivity index (χ1n) is 14.4. The normalized spacial score (nSPS) is 14.2. The van der Waals surface area contributed by atoms with Crippen LogP contribution in [0.5, 0.6) is 0 Å². The molecule has 2 rings (SSSR count). The fourth-order valence-corrected chi connectivity index (χ4v) is 4.11. The van der Waals surface area contributed by atoms with Gasteiger partial charge in [-0.2, -0.15) is 0 Å². The maximum absolute atomic E-state index is 13.5. The van der Waals surface area contributed by atoms with E-state index in [2.05, 4.69) is 21.3 Å². The minimum atomic E-state index is -1.48. The molecule has 5 atom stereocenters. The first-order chi connectivity index (χ1) is 21.3. The summed E-state index contributed by atoms with van der Waals surface area (Å²) >= 11 is 0. The molecule has 2 aromatic carbocycles. The highest BCUT2D eigenvalue weighted by atomic mass is 16.5. The van der Waals surface area contributed by atoms with Gasteiger partial charge in [0.1, 0.15) is 36.8 Å². The standard InChI is InChI=1S/C31H42N6O8/c1-18(2)26(37-29(42)24(15-25(33)39)35-27(40)22(32)16-38)30(43)36-23(14-20-10-6-4-7-11-20)28(41)34-19(3)31(44)45-17-21-12-8-5-9-13-21/h4-13,18-19,22-24,26,38H,14-17,32H2,1-3H3,(H2,33,39)(H,34,41)(H,35,40)(H,36,43)(H,37,42)/t19-,22-,23-,24-,26-/m0/s1. The minimum Gasteiger partial charge on any atom is -0.459 e. The molecule has 0 aromatic heterocycles. The molecule has 0 heterocycles. The van der Waals surface area contributed by atoms with Gasteiger partial charge in [-0.05, 0) is 24.0 Å². The second kappa shape index (κ2) is 18.1. The van der Waals surface area contributed by atoms with Gasteiger partial charge in [-0.1, -0.05) is 74.5 Å². The van der Waals surface area contributed by atoms with Crippen LogP contribution in [0, 0.1) is 5.92 Å². The van der Waals surface area contributed by atoms with Crippen molar-refractivity contribution in [3.63, 3.8) is 0 Å². The second-order valence-corrected chi connectivity index (χ2v) is 10.8. The summed E-state index contributed by atoms with van der Waals surface area (Å²) in [6.07, 6.45) is -0.540. The number of nitrogens with one attached hydrogen (secondary N) is 4. The van der Waals surface area contributed by atoms with E-state index < -0.39 is 84.7 Å². The number of benzene rings is 2. The molecule has 0 bridgehead atoms. The van der Waals surface area contributed by atoms with Gasteiger partial charge in [0.05, 0.1) is 13.0 Å². The van der Waals surface area contributed by atoms with Crippen LogP contribution in [-0.4, -0.2) is 77.4 Å². The van der Waals surface area contributed by atoms with Crippen molar-refractivity contribution in [3.8, 4) is 0 Å². The summed E-state index contributed by atoms with van der Waals surface area (Å²) in [6, 6.07) is 11.6. The Morgan fingerprint density at radius 3 is 1.80 bits per heavy atom. The summed E-state index contributed by atoms with van der Waals surface area (Å²) in [7, 11) is 0. The number of rotatable bonds is 17. The van der Waals surface area contributed by atoms with Gasteiger partial charge in [0.25, 0.3) is 0 Å². The quantitative estimate of drug-likeness (QED) is 0.104. The first kappa shape index (κ1) is 36.4. The monoisotopic (exact) mass is 626 g/mol. The predicted octanol–water partition coefficient (Wildman–Crippen LogP) is -1.22. The van der Waals surface area contributed by atoms with Gasteiger partial charge in [0.2, 0.25) is 29.5 Å². The number of esters is 1. The molecule has 9 N–H and O–H groups in total. The minimum absolute atomic E-state index is 0.0168. The smallest absolute Gasteiger partial charge is 0.328 e. The van der Waals surface area contributed by atoms with Crippen LogP contribution >= 0.6 is 0 Å². The first-order valence-corrected chi connectivity index (χ1v) is 14.4. The molecule has 0 fully saturated rings. The van der Waals surface area contributed by atoms with E-state index >= 15 is 0 Å². The van der Waals surface area contributed by atoms with E-state index in [1.165, 1.54) is 6.92 Å². The van der Waals surface area contributed by atoms with Crippen LogP contribution in [0.3, 0.4) is 0 Å². The second-order valence-electron chi connectivity index (χ2n) is 10.8. The maximum Gasteiger partial charge on any atom is 0.328 e. The van der Waals surface area contributed by atoms with Crippen molar-refractivity contribution in [2.24, 2.45) is 17.4 Å². The van der Waals surface area contributed by atoms with E-state index in [-0.39, 0.29) is 13.0 Å². The number of carbonyl (C=O) groups excluding carboxylic acids is 6. The van der Waals surface area contributed by atoms with Crippen LogP contribution in [0.4, 0.5) is 0 Å². The summed E-state index contributed by atoms with van der Waals surface area (Å²) in [5, 5.41) is 19.1. The van der Waals surface area contributed by atoms with Gasteiger partial charge in [-0.15, -0.1) is 0 Å². The fourth-order valence-electron chi connectivity index (χ4n) is 4.11. The summed E-state index contributed by atoms with van der Waals surface area (Å²) < 4.78 is 5.31. The Bertz CT molecular complexity index is 1310. The van der Waals surface area contributed by atoms with Gasteiger partial charge < -0.3 is 42.6 Å². The third-order valence-electron chi connectivity index (χ3n) is 6.67. The molecule has 14 heteroatoms. The van der Waals surface area contributed by atoms with Crippen LogP contribution < -0.4 is 32.7 Å². The number of ether oxygens (including phenoxy) is 1. The summed E-state index contributed by atoms with van der Waals surface area (Å²) in [4.78, 5) is 76.3. The molecule has 0 aliphatic heterocycles. The van der Waals surface area contributed by atoms with Crippen molar-refractivity contribution in [3.05, 3.63) is 71.8 Å². The molecule has 0 spiro atoms. The van der Waals surface area contributed by atoms with E-state index in [9.17, 15) is 28.8 Å². The van der Waals surface area contributed by atoms with Crippen molar-refractivity contribution in [2.45, 2.75) is 70.4 Å². The number of amides is 5. The average molecular weight is 627 g/mol. The number of nitrogens with two attached hydrogens (primary N) is 2. The van der Waals surface area contributed by atoms with Crippen LogP contribution in [-0.2, 0) is 46.5 Å². The molecule has 5 amide bonds. The zero-order valence-corrected chi connectivity index (χ0v) is 25.5. The number of aliphatic hydroxyl groups excluding tert-OH is 1. The lowest BCUT2D eigenvalue weighted by Crippen LogP contribution is -2.60. The Balaban J connectivity index is 2.18. The molecule has 14 nitrogen and oxygen atoms in total. The fraction of sp³-hybridized carbons (Fsp3) is 0.419. The summed E-state index contributed by atoms with van der Waals surface area (Å²) in [6.45, 7) is 4.06. The summed E-state index contributed by atoms with van der Waals surface area (Å²) in [5.74, 6) is -5.29. The van der Waals surface area contributed by atoms with E-state index in [0.717, 1.165) is 5.56 Å². The molecule has 0 aliphatic rings. The van der Waals surface area contributed by atoms with Crippen LogP contribution in [0.25, 0.3) is 0 Å². The predicted molar refractivity (Wildman–Crippen MR) is 163 cm³/mol. The van der Waals surface area contributed by atoms with Gasteiger partial charge in [0.15, 0.2) is 0 Å². The van der Waals surface area contributed by atoms with Gasteiger partial charge >= 0.3 is 5.97 Å². The molecule has 45 heavy (non-hydrogen) atoms. The largest absolute Gasteiger partial charge is 0.459 e. The number of hydrogen-bond donors (Lipinski definition) is 7. The molecule has 2 aromatic rings. The van der Waals surface area contributed by atoms with Crippen LogP contribution in [0.1, 0.15) is 38.3 Å². The Kier molecular flexibility index (Phi) is 14.6. The molecule has 0 saturated carbocycles. The van der Waals surface area contributed by atoms with Crippen molar-refractivity contribution >= 4 is 35.5 Å². The van der Waals surface area contributed by atoms with E-state index in [1.807, 2.05) is 6.07 Å². The third kappa shape index (κ3) is 12.4. The topological polar surface area (TPSA) is 232 Å².